The Kier molecular flexibility index (Phi) is 2.13. The zero-order chi connectivity index (χ0) is 12.3. The van der Waals surface area contributed by atoms with E-state index in [1.165, 1.54) is 15.4 Å². The van der Waals surface area contributed by atoms with Crippen molar-refractivity contribution in [3.05, 3.63) is 29.8 Å². The monoisotopic (exact) mass is 259 g/mol. The molecule has 2 heterocycles. The van der Waals surface area contributed by atoms with Gasteiger partial charge in [0.05, 0.1) is 11.8 Å². The number of rotatable bonds is 2. The summed E-state index contributed by atoms with van der Waals surface area (Å²) in [5.74, 6) is 1.49. The summed E-state index contributed by atoms with van der Waals surface area (Å²) in [5.41, 5.74) is 1.30. The predicted octanol–water partition coefficient (Wildman–Crippen LogP) is 1.88. The molecule has 1 saturated heterocycles. The molecule has 3 atom stereocenters. The maximum absolute atomic E-state index is 12.0. The molecule has 4 rings (SSSR count). The van der Waals surface area contributed by atoms with Crippen molar-refractivity contribution in [2.45, 2.75) is 17.2 Å². The highest BCUT2D eigenvalue weighted by molar-refractivity contribution is 7.99. The van der Waals surface area contributed by atoms with Gasteiger partial charge in [0.15, 0.2) is 0 Å². The number of imide groups is 1. The number of carbonyl (C=O) groups excluding carboxylic acids is 2. The van der Waals surface area contributed by atoms with E-state index in [0.29, 0.717) is 12.5 Å². The molecule has 0 spiro atoms. The fourth-order valence-corrected chi connectivity index (χ4v) is 4.27. The van der Waals surface area contributed by atoms with Gasteiger partial charge in [0.25, 0.3) is 0 Å². The van der Waals surface area contributed by atoms with Gasteiger partial charge < -0.3 is 0 Å². The third kappa shape index (κ3) is 1.38. The second kappa shape index (κ2) is 3.60. The van der Waals surface area contributed by atoms with E-state index in [4.69, 9.17) is 0 Å². The Morgan fingerprint density at radius 1 is 1.17 bits per heavy atom. The summed E-state index contributed by atoms with van der Waals surface area (Å²) in [6.07, 6.45) is 0.796. The van der Waals surface area contributed by atoms with E-state index in [-0.39, 0.29) is 23.7 Å². The number of amides is 2. The molecule has 2 amide bonds. The number of fused-ring (bicyclic) bond motifs is 2. The molecule has 92 valence electrons. The van der Waals surface area contributed by atoms with Crippen molar-refractivity contribution < 1.29 is 9.59 Å². The summed E-state index contributed by atoms with van der Waals surface area (Å²) in [4.78, 5) is 26.7. The smallest absolute Gasteiger partial charge is 0.233 e. The van der Waals surface area contributed by atoms with E-state index in [1.807, 2.05) is 23.9 Å². The van der Waals surface area contributed by atoms with Crippen molar-refractivity contribution >= 4 is 23.6 Å². The van der Waals surface area contributed by atoms with E-state index in [9.17, 15) is 9.59 Å². The third-order valence-electron chi connectivity index (χ3n) is 4.16. The number of nitrogens with zero attached hydrogens (tertiary/aromatic N) is 1. The zero-order valence-corrected chi connectivity index (χ0v) is 10.7. The van der Waals surface area contributed by atoms with Gasteiger partial charge in [0, 0.05) is 23.1 Å². The summed E-state index contributed by atoms with van der Waals surface area (Å²) in [7, 11) is 0. The minimum Gasteiger partial charge on any atom is -0.281 e. The van der Waals surface area contributed by atoms with Crippen molar-refractivity contribution in [2.24, 2.45) is 11.8 Å². The second-order valence-electron chi connectivity index (χ2n) is 5.28. The predicted molar refractivity (Wildman–Crippen MR) is 68.2 cm³/mol. The molecule has 2 aliphatic heterocycles. The molecular formula is C14H13NO2S. The largest absolute Gasteiger partial charge is 0.281 e. The molecular weight excluding hydrogens is 246 g/mol. The van der Waals surface area contributed by atoms with Gasteiger partial charge in [-0.25, -0.2) is 0 Å². The Bertz CT molecular complexity index is 536. The number of carbonyl (C=O) groups is 2. The van der Waals surface area contributed by atoms with Crippen LogP contribution in [-0.4, -0.2) is 29.0 Å². The lowest BCUT2D eigenvalue weighted by Crippen LogP contribution is -2.36. The van der Waals surface area contributed by atoms with Crippen LogP contribution in [0.2, 0.25) is 0 Å². The lowest BCUT2D eigenvalue weighted by Gasteiger charge is -2.20. The average molecular weight is 259 g/mol. The molecule has 3 nitrogen and oxygen atoms in total. The van der Waals surface area contributed by atoms with Gasteiger partial charge >= 0.3 is 0 Å². The molecule has 0 aromatic heterocycles. The van der Waals surface area contributed by atoms with Crippen LogP contribution in [-0.2, 0) is 9.59 Å². The van der Waals surface area contributed by atoms with Gasteiger partial charge in [-0.2, -0.15) is 0 Å². The summed E-state index contributed by atoms with van der Waals surface area (Å²) in [6, 6.07) is 8.30. The Labute approximate surface area is 110 Å². The van der Waals surface area contributed by atoms with Crippen LogP contribution in [0.5, 0.6) is 0 Å². The number of hydrogen-bond acceptors (Lipinski definition) is 3. The Morgan fingerprint density at radius 2 is 1.89 bits per heavy atom. The van der Waals surface area contributed by atoms with Gasteiger partial charge in [-0.1, -0.05) is 18.2 Å². The topological polar surface area (TPSA) is 37.4 Å². The van der Waals surface area contributed by atoms with Gasteiger partial charge in [-0.3, -0.25) is 14.5 Å². The van der Waals surface area contributed by atoms with Crippen LogP contribution in [0.15, 0.2) is 29.2 Å². The molecule has 4 heteroatoms. The molecule has 0 N–H and O–H groups in total. The second-order valence-corrected chi connectivity index (χ2v) is 6.34. The summed E-state index contributed by atoms with van der Waals surface area (Å²) in [5, 5.41) is 0. The van der Waals surface area contributed by atoms with Crippen LogP contribution in [0, 0.1) is 11.8 Å². The first kappa shape index (κ1) is 10.6. The normalized spacial score (nSPS) is 32.7. The van der Waals surface area contributed by atoms with Gasteiger partial charge in [-0.05, 0) is 18.1 Å². The Hall–Kier alpha value is -1.29. The number of thioether (sulfide) groups is 1. The Morgan fingerprint density at radius 3 is 2.67 bits per heavy atom. The van der Waals surface area contributed by atoms with Crippen molar-refractivity contribution in [1.82, 2.24) is 4.90 Å². The highest BCUT2D eigenvalue weighted by atomic mass is 32.2. The van der Waals surface area contributed by atoms with Crippen LogP contribution in [0.3, 0.4) is 0 Å². The number of likely N-dealkylation sites (tertiary alicyclic amines) is 1. The molecule has 0 radical (unpaired) electrons. The fourth-order valence-electron chi connectivity index (χ4n) is 3.03. The van der Waals surface area contributed by atoms with E-state index in [0.717, 1.165) is 12.2 Å². The van der Waals surface area contributed by atoms with Crippen LogP contribution >= 0.6 is 11.8 Å². The van der Waals surface area contributed by atoms with Crippen molar-refractivity contribution in [3.63, 3.8) is 0 Å². The molecule has 2 fully saturated rings. The van der Waals surface area contributed by atoms with E-state index >= 15 is 0 Å². The van der Waals surface area contributed by atoms with E-state index < -0.39 is 0 Å². The highest BCUT2D eigenvalue weighted by Gasteiger charge is 2.59. The van der Waals surface area contributed by atoms with Crippen molar-refractivity contribution in [2.75, 3.05) is 12.3 Å². The Balaban J connectivity index is 1.57. The van der Waals surface area contributed by atoms with Crippen LogP contribution < -0.4 is 0 Å². The van der Waals surface area contributed by atoms with Gasteiger partial charge in [0.1, 0.15) is 0 Å². The number of piperidine rings is 1. The van der Waals surface area contributed by atoms with Crippen LogP contribution in [0.25, 0.3) is 0 Å². The molecule has 1 aromatic carbocycles. The summed E-state index contributed by atoms with van der Waals surface area (Å²) >= 11 is 1.82. The quantitative estimate of drug-likeness (QED) is 0.761. The molecule has 1 aliphatic carbocycles. The van der Waals surface area contributed by atoms with Gasteiger partial charge in [0.2, 0.25) is 11.8 Å². The van der Waals surface area contributed by atoms with Crippen molar-refractivity contribution in [1.29, 1.82) is 0 Å². The van der Waals surface area contributed by atoms with Crippen molar-refractivity contribution in [3.8, 4) is 0 Å². The van der Waals surface area contributed by atoms with E-state index in [1.54, 1.807) is 0 Å². The molecule has 3 aliphatic rings. The lowest BCUT2D eigenvalue weighted by atomic mass is 10.0. The van der Waals surface area contributed by atoms with Gasteiger partial charge in [-0.15, -0.1) is 11.8 Å². The number of hydrogen-bond donors (Lipinski definition) is 0. The first-order valence-electron chi connectivity index (χ1n) is 6.32. The number of benzene rings is 1. The van der Waals surface area contributed by atoms with E-state index in [2.05, 4.69) is 12.1 Å². The SMILES string of the molecule is O=C1C2CC2C(=O)N1CC1CSc2ccccc21. The van der Waals surface area contributed by atoms with Crippen LogP contribution in [0.4, 0.5) is 0 Å². The molecule has 3 unspecified atom stereocenters. The first-order chi connectivity index (χ1) is 8.75. The summed E-state index contributed by atoms with van der Waals surface area (Å²) < 4.78 is 0. The first-order valence-corrected chi connectivity index (χ1v) is 7.31. The minimum atomic E-state index is 0.0294. The molecule has 18 heavy (non-hydrogen) atoms. The average Bonchev–Trinajstić information content (AvgIpc) is 3.04. The lowest BCUT2D eigenvalue weighted by molar-refractivity contribution is -0.141. The molecule has 0 bridgehead atoms. The maximum Gasteiger partial charge on any atom is 0.233 e. The summed E-state index contributed by atoms with van der Waals surface area (Å²) in [6.45, 7) is 0.578. The highest BCUT2D eigenvalue weighted by Crippen LogP contribution is 2.48. The fraction of sp³-hybridized carbons (Fsp3) is 0.429. The molecule has 1 aromatic rings. The standard InChI is InChI=1S/C14H13NO2S/c16-13-10-5-11(10)14(17)15(13)6-8-7-18-12-4-2-1-3-9(8)12/h1-4,8,10-11H,5-7H2. The molecule has 1 saturated carbocycles. The third-order valence-corrected chi connectivity index (χ3v) is 5.41. The zero-order valence-electron chi connectivity index (χ0n) is 9.83. The minimum absolute atomic E-state index is 0.0294. The maximum atomic E-state index is 12.0. The van der Waals surface area contributed by atoms with Crippen LogP contribution in [0.1, 0.15) is 17.9 Å².